The summed E-state index contributed by atoms with van der Waals surface area (Å²) in [6, 6.07) is 7.04. The van der Waals surface area contributed by atoms with Crippen LogP contribution in [0.25, 0.3) is 0 Å². The first kappa shape index (κ1) is 21.7. The highest BCUT2D eigenvalue weighted by atomic mass is 16.6. The maximum atomic E-state index is 12.5. The van der Waals surface area contributed by atoms with Gasteiger partial charge in [0.2, 0.25) is 5.91 Å². The van der Waals surface area contributed by atoms with Crippen molar-refractivity contribution in [3.63, 3.8) is 0 Å². The Labute approximate surface area is 166 Å². The van der Waals surface area contributed by atoms with Crippen LogP contribution in [0, 0.1) is 0 Å². The average molecular weight is 390 g/mol. The largest absolute Gasteiger partial charge is 0.482 e. The Morgan fingerprint density at radius 1 is 1.07 bits per heavy atom. The number of nitrogens with zero attached hydrogens (tertiary/aromatic N) is 2. The van der Waals surface area contributed by atoms with Gasteiger partial charge in [-0.3, -0.25) is 9.59 Å². The molecule has 1 fully saturated rings. The lowest BCUT2D eigenvalue weighted by Crippen LogP contribution is -2.47. The van der Waals surface area contributed by atoms with Gasteiger partial charge in [-0.25, -0.2) is 4.79 Å². The van der Waals surface area contributed by atoms with Crippen LogP contribution in [-0.4, -0.2) is 54.0 Å². The van der Waals surface area contributed by atoms with E-state index >= 15 is 0 Å². The summed E-state index contributed by atoms with van der Waals surface area (Å²) in [6.45, 7) is 9.71. The maximum Gasteiger partial charge on any atom is 0.344 e. The molecule has 154 valence electrons. The molecule has 0 bridgehead atoms. The van der Waals surface area contributed by atoms with Crippen LogP contribution in [0.5, 0.6) is 5.75 Å². The lowest BCUT2D eigenvalue weighted by Gasteiger charge is -2.32. The Balaban J connectivity index is 1.84. The summed E-state index contributed by atoms with van der Waals surface area (Å²) < 4.78 is 10.7. The van der Waals surface area contributed by atoms with Gasteiger partial charge in [0.05, 0.1) is 0 Å². The number of benzene rings is 1. The molecule has 0 aliphatic carbocycles. The first-order valence-corrected chi connectivity index (χ1v) is 9.75. The van der Waals surface area contributed by atoms with Crippen molar-refractivity contribution in [1.82, 2.24) is 4.90 Å². The Morgan fingerprint density at radius 2 is 1.68 bits per heavy atom. The molecule has 7 heteroatoms. The van der Waals surface area contributed by atoms with Gasteiger partial charge in [0, 0.05) is 30.7 Å². The second-order valence-electron chi connectivity index (χ2n) is 7.50. The molecule has 0 N–H and O–H groups in total. The monoisotopic (exact) mass is 390 g/mol. The van der Waals surface area contributed by atoms with E-state index in [1.807, 2.05) is 27.7 Å². The van der Waals surface area contributed by atoms with Gasteiger partial charge in [-0.05, 0) is 65.3 Å². The Bertz CT molecular complexity index is 691. The number of hydrogen-bond acceptors (Lipinski definition) is 5. The molecule has 28 heavy (non-hydrogen) atoms. The van der Waals surface area contributed by atoms with E-state index in [1.54, 1.807) is 41.0 Å². The second kappa shape index (κ2) is 9.57. The highest BCUT2D eigenvalue weighted by molar-refractivity contribution is 5.95. The third kappa shape index (κ3) is 5.47. The fourth-order valence-corrected chi connectivity index (χ4v) is 3.38. The number of carbonyl (C=O) groups is 3. The van der Waals surface area contributed by atoms with Crippen LogP contribution in [0.2, 0.25) is 0 Å². The van der Waals surface area contributed by atoms with Crippen molar-refractivity contribution in [3.05, 3.63) is 24.3 Å². The molecule has 2 rings (SSSR count). The lowest BCUT2D eigenvalue weighted by atomic mass is 10.2. The van der Waals surface area contributed by atoms with Crippen molar-refractivity contribution >= 4 is 23.5 Å². The number of rotatable bonds is 8. The summed E-state index contributed by atoms with van der Waals surface area (Å²) in [4.78, 5) is 39.7. The van der Waals surface area contributed by atoms with Crippen LogP contribution < -0.4 is 9.64 Å². The van der Waals surface area contributed by atoms with Gasteiger partial charge in [0.1, 0.15) is 5.75 Å². The molecule has 1 aromatic rings. The molecule has 2 amide bonds. The smallest absolute Gasteiger partial charge is 0.344 e. The Morgan fingerprint density at radius 3 is 2.18 bits per heavy atom. The number of carbonyl (C=O) groups excluding carboxylic acids is 3. The van der Waals surface area contributed by atoms with Gasteiger partial charge < -0.3 is 19.3 Å². The average Bonchev–Trinajstić information content (AvgIpc) is 3.05. The summed E-state index contributed by atoms with van der Waals surface area (Å²) in [7, 11) is 0. The predicted octanol–water partition coefficient (Wildman–Crippen LogP) is 2.77. The van der Waals surface area contributed by atoms with E-state index in [0.29, 0.717) is 12.2 Å². The zero-order chi connectivity index (χ0) is 20.8. The first-order chi connectivity index (χ1) is 13.2. The number of anilines is 1. The van der Waals surface area contributed by atoms with Gasteiger partial charge in [0.25, 0.3) is 5.91 Å². The number of ether oxygens (including phenoxy) is 2. The number of esters is 1. The molecule has 7 nitrogen and oxygen atoms in total. The highest BCUT2D eigenvalue weighted by Crippen LogP contribution is 2.23. The van der Waals surface area contributed by atoms with Crippen molar-refractivity contribution in [3.8, 4) is 5.75 Å². The number of amides is 2. The van der Waals surface area contributed by atoms with Gasteiger partial charge >= 0.3 is 5.97 Å². The third-order valence-electron chi connectivity index (χ3n) is 4.60. The first-order valence-electron chi connectivity index (χ1n) is 9.75. The minimum atomic E-state index is -0.871. The molecule has 1 saturated heterocycles. The standard InChI is InChI=1S/C21H30N2O5/c1-14(2)23(15(3)4)21(26)16(5)28-20(25)13-27-18-10-8-17(9-11-18)22-12-6-7-19(22)24/h8-11,14-16H,6-7,12-13H2,1-5H3. The highest BCUT2D eigenvalue weighted by Gasteiger charge is 2.27. The molecule has 1 aliphatic rings. The molecular formula is C21H30N2O5. The van der Waals surface area contributed by atoms with E-state index in [2.05, 4.69) is 0 Å². The molecule has 1 aliphatic heterocycles. The van der Waals surface area contributed by atoms with Crippen LogP contribution in [0.15, 0.2) is 24.3 Å². The Hall–Kier alpha value is -2.57. The topological polar surface area (TPSA) is 76.1 Å². The molecule has 1 aromatic carbocycles. The van der Waals surface area contributed by atoms with Gasteiger partial charge in [0.15, 0.2) is 12.7 Å². The quantitative estimate of drug-likeness (QED) is 0.638. The van der Waals surface area contributed by atoms with E-state index in [9.17, 15) is 14.4 Å². The second-order valence-corrected chi connectivity index (χ2v) is 7.50. The predicted molar refractivity (Wildman–Crippen MR) is 106 cm³/mol. The molecule has 0 radical (unpaired) electrons. The fourth-order valence-electron chi connectivity index (χ4n) is 3.38. The van der Waals surface area contributed by atoms with Crippen LogP contribution >= 0.6 is 0 Å². The van der Waals surface area contributed by atoms with Gasteiger partial charge in [-0.2, -0.15) is 0 Å². The summed E-state index contributed by atoms with van der Waals surface area (Å²) in [6.07, 6.45) is 0.571. The van der Waals surface area contributed by atoms with Gasteiger partial charge in [-0.1, -0.05) is 0 Å². The van der Waals surface area contributed by atoms with E-state index in [1.165, 1.54) is 0 Å². The molecule has 1 unspecified atom stereocenters. The lowest BCUT2D eigenvalue weighted by molar-refractivity contribution is -0.162. The van der Waals surface area contributed by atoms with E-state index in [-0.39, 0.29) is 30.5 Å². The van der Waals surface area contributed by atoms with Crippen molar-refractivity contribution in [2.45, 2.75) is 65.6 Å². The zero-order valence-corrected chi connectivity index (χ0v) is 17.3. The molecule has 1 heterocycles. The van der Waals surface area contributed by atoms with Crippen LogP contribution in [-0.2, 0) is 19.1 Å². The number of hydrogen-bond donors (Lipinski definition) is 0. The van der Waals surface area contributed by atoms with Crippen LogP contribution in [0.3, 0.4) is 0 Å². The Kier molecular flexibility index (Phi) is 7.43. The summed E-state index contributed by atoms with van der Waals surface area (Å²) in [5.41, 5.74) is 0.819. The SMILES string of the molecule is CC(OC(=O)COc1ccc(N2CCCC2=O)cc1)C(=O)N(C(C)C)C(C)C. The fraction of sp³-hybridized carbons (Fsp3) is 0.571. The zero-order valence-electron chi connectivity index (χ0n) is 17.3. The van der Waals surface area contributed by atoms with Crippen LogP contribution in [0.4, 0.5) is 5.69 Å². The third-order valence-corrected chi connectivity index (χ3v) is 4.60. The maximum absolute atomic E-state index is 12.5. The van der Waals surface area contributed by atoms with Crippen LogP contribution in [0.1, 0.15) is 47.5 Å². The normalized spacial score (nSPS) is 15.1. The minimum Gasteiger partial charge on any atom is -0.482 e. The molecule has 0 saturated carbocycles. The molecular weight excluding hydrogens is 360 g/mol. The summed E-state index contributed by atoms with van der Waals surface area (Å²) in [5, 5.41) is 0. The molecule has 0 aromatic heterocycles. The summed E-state index contributed by atoms with van der Waals surface area (Å²) >= 11 is 0. The van der Waals surface area contributed by atoms with Crippen molar-refractivity contribution in [2.75, 3.05) is 18.1 Å². The van der Waals surface area contributed by atoms with E-state index < -0.39 is 12.1 Å². The van der Waals surface area contributed by atoms with E-state index in [4.69, 9.17) is 9.47 Å². The van der Waals surface area contributed by atoms with Gasteiger partial charge in [-0.15, -0.1) is 0 Å². The molecule has 1 atom stereocenters. The van der Waals surface area contributed by atoms with Crippen molar-refractivity contribution < 1.29 is 23.9 Å². The molecule has 0 spiro atoms. The minimum absolute atomic E-state index is 0.0194. The van der Waals surface area contributed by atoms with Crippen molar-refractivity contribution in [1.29, 1.82) is 0 Å². The summed E-state index contributed by atoms with van der Waals surface area (Å²) in [5.74, 6) is -0.213. The van der Waals surface area contributed by atoms with Crippen molar-refractivity contribution in [2.24, 2.45) is 0 Å². The van der Waals surface area contributed by atoms with E-state index in [0.717, 1.165) is 18.7 Å².